The summed E-state index contributed by atoms with van der Waals surface area (Å²) < 4.78 is 11.1. The second-order valence-electron chi connectivity index (χ2n) is 5.09. The Morgan fingerprint density at radius 2 is 2.00 bits per heavy atom. The average Bonchev–Trinajstić information content (AvgIpc) is 3.15. The van der Waals surface area contributed by atoms with Crippen LogP contribution in [0.25, 0.3) is 0 Å². The van der Waals surface area contributed by atoms with E-state index in [1.807, 2.05) is 18.2 Å². The normalized spacial score (nSPS) is 22.2. The maximum atomic E-state index is 5.75. The number of rotatable bonds is 5. The third-order valence-electron chi connectivity index (χ3n) is 3.61. The molecule has 1 aromatic carbocycles. The fraction of sp³-hybridized carbons (Fsp3) is 0.467. The Morgan fingerprint density at radius 3 is 2.75 bits per heavy atom. The molecule has 0 spiro atoms. The Hall–Kier alpha value is -1.72. The van der Waals surface area contributed by atoms with Gasteiger partial charge in [0.05, 0.1) is 6.10 Å². The van der Waals surface area contributed by atoms with Crippen LogP contribution in [0.3, 0.4) is 0 Å². The Labute approximate surface area is 118 Å². The predicted octanol–water partition coefficient (Wildman–Crippen LogP) is 2.03. The van der Waals surface area contributed by atoms with Crippen molar-refractivity contribution in [2.24, 2.45) is 5.73 Å². The van der Waals surface area contributed by atoms with Crippen molar-refractivity contribution in [1.29, 1.82) is 0 Å². The number of nitrogens with zero attached hydrogens (tertiary/aromatic N) is 2. The molecule has 2 N–H and O–H groups in total. The topological polar surface area (TPSA) is 74.2 Å². The van der Waals surface area contributed by atoms with E-state index in [4.69, 9.17) is 15.0 Å². The van der Waals surface area contributed by atoms with Gasteiger partial charge < -0.3 is 15.0 Å². The Kier molecular flexibility index (Phi) is 4.08. The first-order valence-corrected chi connectivity index (χ1v) is 7.07. The lowest BCUT2D eigenvalue weighted by atomic mass is 10.1. The van der Waals surface area contributed by atoms with Crippen molar-refractivity contribution in [2.45, 2.75) is 37.9 Å². The van der Waals surface area contributed by atoms with Crippen LogP contribution in [-0.2, 0) is 17.6 Å². The number of nitrogens with two attached hydrogens (primary N) is 1. The van der Waals surface area contributed by atoms with Gasteiger partial charge in [-0.3, -0.25) is 0 Å². The molecule has 1 aromatic heterocycles. The Balaban J connectivity index is 1.57. The molecule has 5 heteroatoms. The summed E-state index contributed by atoms with van der Waals surface area (Å²) in [6.45, 7) is 0.547. The lowest BCUT2D eigenvalue weighted by Gasteiger charge is -2.07. The van der Waals surface area contributed by atoms with E-state index >= 15 is 0 Å². The molecular weight excluding hydrogens is 254 g/mol. The van der Waals surface area contributed by atoms with Gasteiger partial charge in [0.25, 0.3) is 5.89 Å². The summed E-state index contributed by atoms with van der Waals surface area (Å²) in [6.07, 6.45) is 3.60. The van der Waals surface area contributed by atoms with Gasteiger partial charge >= 0.3 is 0 Å². The van der Waals surface area contributed by atoms with Crippen molar-refractivity contribution in [1.82, 2.24) is 10.1 Å². The van der Waals surface area contributed by atoms with E-state index in [9.17, 15) is 0 Å². The van der Waals surface area contributed by atoms with E-state index in [-0.39, 0.29) is 12.2 Å². The van der Waals surface area contributed by atoms with Crippen LogP contribution in [0.2, 0.25) is 0 Å². The van der Waals surface area contributed by atoms with Gasteiger partial charge in [-0.1, -0.05) is 35.5 Å². The summed E-state index contributed by atoms with van der Waals surface area (Å²) >= 11 is 0. The van der Waals surface area contributed by atoms with Crippen LogP contribution in [0.5, 0.6) is 0 Å². The quantitative estimate of drug-likeness (QED) is 0.902. The maximum Gasteiger partial charge on any atom is 0.255 e. The van der Waals surface area contributed by atoms with Crippen LogP contribution in [0.1, 0.15) is 36.2 Å². The lowest BCUT2D eigenvalue weighted by Crippen LogP contribution is -2.18. The fourth-order valence-corrected chi connectivity index (χ4v) is 2.46. The first-order valence-electron chi connectivity index (χ1n) is 7.07. The SMILES string of the molecule is NCC1CCC(c2nc(CCc3ccccc3)no2)O1. The molecular formula is C15H19N3O2. The summed E-state index contributed by atoms with van der Waals surface area (Å²) in [7, 11) is 0. The number of aryl methyl sites for hydroxylation is 2. The molecule has 1 aliphatic heterocycles. The molecule has 2 atom stereocenters. The molecule has 0 radical (unpaired) electrons. The molecule has 0 amide bonds. The third-order valence-corrected chi connectivity index (χ3v) is 3.61. The van der Waals surface area contributed by atoms with E-state index in [1.165, 1.54) is 5.56 Å². The van der Waals surface area contributed by atoms with Gasteiger partial charge in [0.2, 0.25) is 0 Å². The molecule has 2 unspecified atom stereocenters. The highest BCUT2D eigenvalue weighted by Gasteiger charge is 2.29. The smallest absolute Gasteiger partial charge is 0.255 e. The van der Waals surface area contributed by atoms with Crippen LogP contribution in [0.15, 0.2) is 34.9 Å². The summed E-state index contributed by atoms with van der Waals surface area (Å²) in [5.41, 5.74) is 6.88. The van der Waals surface area contributed by atoms with Gasteiger partial charge in [-0.25, -0.2) is 0 Å². The first kappa shape index (κ1) is 13.3. The number of hydrogen-bond donors (Lipinski definition) is 1. The zero-order valence-electron chi connectivity index (χ0n) is 11.4. The monoisotopic (exact) mass is 273 g/mol. The molecule has 3 rings (SSSR count). The standard InChI is InChI=1S/C15H19N3O2/c16-10-12-7-8-13(19-12)15-17-14(18-20-15)9-6-11-4-2-1-3-5-11/h1-5,12-13H,6-10,16H2. The number of aromatic nitrogens is 2. The van der Waals surface area contributed by atoms with Crippen LogP contribution in [0, 0.1) is 0 Å². The molecule has 0 aliphatic carbocycles. The van der Waals surface area contributed by atoms with E-state index in [2.05, 4.69) is 22.3 Å². The Morgan fingerprint density at radius 1 is 1.15 bits per heavy atom. The number of ether oxygens (including phenoxy) is 1. The summed E-state index contributed by atoms with van der Waals surface area (Å²) in [5.74, 6) is 1.33. The van der Waals surface area contributed by atoms with Gasteiger partial charge in [-0.2, -0.15) is 4.98 Å². The van der Waals surface area contributed by atoms with Crippen molar-refractivity contribution in [3.05, 3.63) is 47.6 Å². The third kappa shape index (κ3) is 3.05. The van der Waals surface area contributed by atoms with Crippen molar-refractivity contribution < 1.29 is 9.26 Å². The molecule has 106 valence electrons. The van der Waals surface area contributed by atoms with Crippen molar-refractivity contribution in [3.63, 3.8) is 0 Å². The zero-order chi connectivity index (χ0) is 13.8. The van der Waals surface area contributed by atoms with Gasteiger partial charge in [0.15, 0.2) is 5.82 Å². The summed E-state index contributed by atoms with van der Waals surface area (Å²) in [5, 5.41) is 4.03. The average molecular weight is 273 g/mol. The zero-order valence-corrected chi connectivity index (χ0v) is 11.4. The molecule has 5 nitrogen and oxygen atoms in total. The molecule has 1 saturated heterocycles. The van der Waals surface area contributed by atoms with Crippen LogP contribution < -0.4 is 5.73 Å². The molecule has 2 heterocycles. The van der Waals surface area contributed by atoms with Crippen LogP contribution in [0.4, 0.5) is 0 Å². The summed E-state index contributed by atoms with van der Waals surface area (Å²) in [4.78, 5) is 4.43. The molecule has 2 aromatic rings. The largest absolute Gasteiger partial charge is 0.364 e. The van der Waals surface area contributed by atoms with Crippen molar-refractivity contribution in [3.8, 4) is 0 Å². The second kappa shape index (κ2) is 6.15. The van der Waals surface area contributed by atoms with Crippen molar-refractivity contribution in [2.75, 3.05) is 6.54 Å². The van der Waals surface area contributed by atoms with E-state index in [0.29, 0.717) is 12.4 Å². The van der Waals surface area contributed by atoms with Gasteiger partial charge in [-0.15, -0.1) is 0 Å². The first-order chi connectivity index (χ1) is 9.85. The van der Waals surface area contributed by atoms with E-state index < -0.39 is 0 Å². The van der Waals surface area contributed by atoms with Crippen molar-refractivity contribution >= 4 is 0 Å². The fourth-order valence-electron chi connectivity index (χ4n) is 2.46. The second-order valence-corrected chi connectivity index (χ2v) is 5.09. The number of hydrogen-bond acceptors (Lipinski definition) is 5. The lowest BCUT2D eigenvalue weighted by molar-refractivity contribution is 0.0307. The van der Waals surface area contributed by atoms with Crippen LogP contribution >= 0.6 is 0 Å². The highest BCUT2D eigenvalue weighted by molar-refractivity contribution is 5.15. The van der Waals surface area contributed by atoms with Crippen LogP contribution in [-0.4, -0.2) is 22.8 Å². The van der Waals surface area contributed by atoms with Gasteiger partial charge in [0.1, 0.15) is 6.10 Å². The predicted molar refractivity (Wildman–Crippen MR) is 74.1 cm³/mol. The highest BCUT2D eigenvalue weighted by atomic mass is 16.5. The molecule has 0 saturated carbocycles. The van der Waals surface area contributed by atoms with E-state index in [1.54, 1.807) is 0 Å². The maximum absolute atomic E-state index is 5.75. The minimum absolute atomic E-state index is 0.0819. The molecule has 0 bridgehead atoms. The summed E-state index contributed by atoms with van der Waals surface area (Å²) in [6, 6.07) is 10.3. The van der Waals surface area contributed by atoms with E-state index in [0.717, 1.165) is 31.5 Å². The number of benzene rings is 1. The highest BCUT2D eigenvalue weighted by Crippen LogP contribution is 2.31. The van der Waals surface area contributed by atoms with Gasteiger partial charge in [0, 0.05) is 13.0 Å². The minimum Gasteiger partial charge on any atom is -0.364 e. The Bertz CT molecular complexity index is 541. The molecule has 20 heavy (non-hydrogen) atoms. The van der Waals surface area contributed by atoms with Gasteiger partial charge in [-0.05, 0) is 24.8 Å². The molecule has 1 aliphatic rings. The molecule has 1 fully saturated rings. The minimum atomic E-state index is -0.0819.